The molecule has 0 bridgehead atoms. The lowest BCUT2D eigenvalue weighted by Crippen LogP contribution is -2.27. The first-order chi connectivity index (χ1) is 11.3. The van der Waals surface area contributed by atoms with Crippen molar-refractivity contribution in [1.29, 1.82) is 0 Å². The van der Waals surface area contributed by atoms with Crippen LogP contribution in [-0.4, -0.2) is 24.3 Å². The number of amides is 1. The van der Waals surface area contributed by atoms with Crippen LogP contribution < -0.4 is 4.90 Å². The Kier molecular flexibility index (Phi) is 3.90. The van der Waals surface area contributed by atoms with Crippen molar-refractivity contribution in [3.8, 4) is 0 Å². The van der Waals surface area contributed by atoms with Gasteiger partial charge in [-0.05, 0) is 11.6 Å². The fraction of sp³-hybridized carbons (Fsp3) is 0.312. The van der Waals surface area contributed by atoms with Crippen molar-refractivity contribution in [1.82, 2.24) is 5.16 Å². The number of anilines is 1. The molecular weight excluding hydrogens is 323 g/mol. The topological polar surface area (TPSA) is 58.7 Å². The predicted octanol–water partition coefficient (Wildman–Crippen LogP) is 3.39. The highest BCUT2D eigenvalue weighted by Crippen LogP contribution is 2.41. The van der Waals surface area contributed by atoms with Gasteiger partial charge in [0.2, 0.25) is 0 Å². The van der Waals surface area contributed by atoms with Crippen molar-refractivity contribution in [3.63, 3.8) is 0 Å². The summed E-state index contributed by atoms with van der Waals surface area (Å²) in [5, 5.41) is 3.90. The van der Waals surface area contributed by atoms with Gasteiger partial charge < -0.3 is 9.42 Å². The third-order valence-corrected chi connectivity index (χ3v) is 3.90. The molecule has 24 heavy (non-hydrogen) atoms. The minimum Gasteiger partial charge on any atom is -0.359 e. The number of aliphatic imine (C=N–C) groups is 1. The van der Waals surface area contributed by atoms with Crippen molar-refractivity contribution >= 4 is 17.8 Å². The van der Waals surface area contributed by atoms with Crippen molar-refractivity contribution in [2.24, 2.45) is 4.99 Å². The van der Waals surface area contributed by atoms with E-state index in [1.54, 1.807) is 0 Å². The third-order valence-electron chi connectivity index (χ3n) is 3.90. The maximum absolute atomic E-state index is 13.3. The Morgan fingerprint density at radius 2 is 2.00 bits per heavy atom. The Balaban J connectivity index is 2.23. The van der Waals surface area contributed by atoms with Gasteiger partial charge in [-0.15, -0.1) is 0 Å². The molecule has 0 N–H and O–H groups in total. The van der Waals surface area contributed by atoms with Gasteiger partial charge in [0.25, 0.3) is 5.91 Å². The Morgan fingerprint density at radius 3 is 2.67 bits per heavy atom. The fourth-order valence-corrected chi connectivity index (χ4v) is 2.73. The van der Waals surface area contributed by atoms with Crippen LogP contribution >= 0.6 is 0 Å². The van der Waals surface area contributed by atoms with Gasteiger partial charge in [-0.1, -0.05) is 30.3 Å². The molecule has 1 amide bonds. The Bertz CT molecular complexity index is 811. The number of hydrogen-bond donors (Lipinski definition) is 0. The SMILES string of the molecule is CCc1onc2c1N(C)C(=O)C=NC2c1ccccc1C(F)(F)F. The number of aromatic nitrogens is 1. The van der Waals surface area contributed by atoms with Gasteiger partial charge in [0.1, 0.15) is 17.4 Å². The minimum absolute atomic E-state index is 0.0680. The maximum Gasteiger partial charge on any atom is 0.416 e. The van der Waals surface area contributed by atoms with Gasteiger partial charge in [-0.2, -0.15) is 13.2 Å². The number of carbonyl (C=O) groups excluding carboxylic acids is 1. The van der Waals surface area contributed by atoms with Gasteiger partial charge in [-0.3, -0.25) is 9.79 Å². The monoisotopic (exact) mass is 337 g/mol. The summed E-state index contributed by atoms with van der Waals surface area (Å²) in [6, 6.07) is 4.07. The summed E-state index contributed by atoms with van der Waals surface area (Å²) in [5.41, 5.74) is -0.298. The number of halogens is 3. The number of benzene rings is 1. The van der Waals surface area contributed by atoms with Gasteiger partial charge >= 0.3 is 6.18 Å². The van der Waals surface area contributed by atoms with Crippen LogP contribution in [0.2, 0.25) is 0 Å². The summed E-state index contributed by atoms with van der Waals surface area (Å²) in [7, 11) is 1.52. The maximum atomic E-state index is 13.3. The van der Waals surface area contributed by atoms with Crippen LogP contribution in [0.1, 0.15) is 35.5 Å². The van der Waals surface area contributed by atoms with Gasteiger partial charge in [0.15, 0.2) is 5.76 Å². The van der Waals surface area contributed by atoms with Crippen molar-refractivity contribution in [2.45, 2.75) is 25.6 Å². The molecule has 1 atom stereocenters. The number of carbonyl (C=O) groups is 1. The second-order valence-electron chi connectivity index (χ2n) is 5.36. The van der Waals surface area contributed by atoms with E-state index in [-0.39, 0.29) is 11.3 Å². The first-order valence-corrected chi connectivity index (χ1v) is 7.30. The zero-order valence-corrected chi connectivity index (χ0v) is 13.0. The number of rotatable bonds is 2. The number of nitrogens with zero attached hydrogens (tertiary/aromatic N) is 3. The summed E-state index contributed by atoms with van der Waals surface area (Å²) in [5.74, 6) is -0.0121. The second kappa shape index (κ2) is 5.77. The van der Waals surface area contributed by atoms with Crippen molar-refractivity contribution < 1.29 is 22.5 Å². The highest BCUT2D eigenvalue weighted by atomic mass is 19.4. The molecule has 5 nitrogen and oxygen atoms in total. The standard InChI is InChI=1S/C16H14F3N3O2/c1-3-11-15-14(21-24-11)13(20-8-12(23)22(15)2)9-6-4-5-7-10(9)16(17,18)19/h4-8,13H,3H2,1-2H3. The van der Waals surface area contributed by atoms with E-state index in [2.05, 4.69) is 10.1 Å². The molecule has 0 spiro atoms. The van der Waals surface area contributed by atoms with Gasteiger partial charge in [0, 0.05) is 13.5 Å². The summed E-state index contributed by atoms with van der Waals surface area (Å²) in [6.45, 7) is 1.81. The lowest BCUT2D eigenvalue weighted by atomic mass is 9.96. The first kappa shape index (κ1) is 16.2. The summed E-state index contributed by atoms with van der Waals surface area (Å²) < 4.78 is 45.2. The summed E-state index contributed by atoms with van der Waals surface area (Å²) >= 11 is 0. The van der Waals surface area contributed by atoms with Crippen LogP contribution in [0.25, 0.3) is 0 Å². The van der Waals surface area contributed by atoms with Crippen molar-refractivity contribution in [3.05, 3.63) is 46.8 Å². The van der Waals surface area contributed by atoms with Crippen LogP contribution in [0, 0.1) is 0 Å². The van der Waals surface area contributed by atoms with E-state index in [9.17, 15) is 18.0 Å². The average Bonchev–Trinajstić information content (AvgIpc) is 2.92. The highest BCUT2D eigenvalue weighted by Gasteiger charge is 2.38. The Morgan fingerprint density at radius 1 is 1.29 bits per heavy atom. The largest absolute Gasteiger partial charge is 0.416 e. The molecule has 2 heterocycles. The highest BCUT2D eigenvalue weighted by molar-refractivity contribution is 6.33. The van der Waals surface area contributed by atoms with E-state index in [0.717, 1.165) is 12.3 Å². The molecule has 1 aliphatic heterocycles. The normalized spacial score (nSPS) is 17.8. The summed E-state index contributed by atoms with van der Waals surface area (Å²) in [4.78, 5) is 17.4. The molecule has 1 aromatic carbocycles. The first-order valence-electron chi connectivity index (χ1n) is 7.30. The van der Waals surface area contributed by atoms with Gasteiger partial charge in [-0.25, -0.2) is 0 Å². The average molecular weight is 337 g/mol. The number of aryl methyl sites for hydroxylation is 1. The molecule has 0 radical (unpaired) electrons. The van der Waals surface area contributed by atoms with E-state index in [1.807, 2.05) is 6.92 Å². The molecule has 126 valence electrons. The smallest absolute Gasteiger partial charge is 0.359 e. The lowest BCUT2D eigenvalue weighted by molar-refractivity contribution is -0.138. The predicted molar refractivity (Wildman–Crippen MR) is 81.1 cm³/mol. The van der Waals surface area contributed by atoms with Crippen LogP contribution in [0.4, 0.5) is 18.9 Å². The molecule has 1 aromatic heterocycles. The molecule has 3 rings (SSSR count). The van der Waals surface area contributed by atoms with Crippen molar-refractivity contribution in [2.75, 3.05) is 11.9 Å². The summed E-state index contributed by atoms with van der Waals surface area (Å²) in [6.07, 6.45) is -3.06. The molecule has 0 saturated heterocycles. The molecule has 0 saturated carbocycles. The van der Waals surface area contributed by atoms with Crippen LogP contribution in [-0.2, 0) is 17.4 Å². The second-order valence-corrected chi connectivity index (χ2v) is 5.36. The quantitative estimate of drug-likeness (QED) is 0.844. The zero-order valence-electron chi connectivity index (χ0n) is 13.0. The lowest BCUT2D eigenvalue weighted by Gasteiger charge is -2.18. The van der Waals surface area contributed by atoms with Crippen LogP contribution in [0.3, 0.4) is 0 Å². The molecule has 2 aromatic rings. The van der Waals surface area contributed by atoms with E-state index in [0.29, 0.717) is 17.9 Å². The van der Waals surface area contributed by atoms with E-state index in [1.165, 1.54) is 30.1 Å². The molecule has 1 unspecified atom stereocenters. The Labute approximate surface area is 135 Å². The molecule has 0 aliphatic carbocycles. The zero-order chi connectivity index (χ0) is 17.5. The number of hydrogen-bond acceptors (Lipinski definition) is 4. The van der Waals surface area contributed by atoms with E-state index >= 15 is 0 Å². The van der Waals surface area contributed by atoms with Gasteiger partial charge in [0.05, 0.1) is 11.8 Å². The Hall–Kier alpha value is -2.64. The molecule has 1 aliphatic rings. The van der Waals surface area contributed by atoms with E-state index in [4.69, 9.17) is 4.52 Å². The number of fused-ring (bicyclic) bond motifs is 1. The molecular formula is C16H14F3N3O2. The molecule has 0 fully saturated rings. The van der Waals surface area contributed by atoms with E-state index < -0.39 is 23.7 Å². The van der Waals surface area contributed by atoms with Crippen LogP contribution in [0.5, 0.6) is 0 Å². The third kappa shape index (κ3) is 2.57. The fourth-order valence-electron chi connectivity index (χ4n) is 2.73. The van der Waals surface area contributed by atoms with Crippen LogP contribution in [0.15, 0.2) is 33.8 Å². The molecule has 8 heteroatoms. The number of alkyl halides is 3. The minimum atomic E-state index is -4.54.